The van der Waals surface area contributed by atoms with E-state index in [9.17, 15) is 0 Å². The quantitative estimate of drug-likeness (QED) is 0.784. The SMILES string of the molecule is Cc1nc2cc(C3=CCC(C(C)(C)C)CC3)c(N3CCNCC3)cc2s1. The number of piperazine rings is 1. The second kappa shape index (κ2) is 6.97. The van der Waals surface area contributed by atoms with Crippen LogP contribution in [0.5, 0.6) is 0 Å². The number of nitrogens with zero attached hydrogens (tertiary/aromatic N) is 2. The molecule has 1 unspecified atom stereocenters. The molecule has 4 heteroatoms. The second-order valence-electron chi connectivity index (χ2n) is 8.87. The lowest BCUT2D eigenvalue weighted by Crippen LogP contribution is -2.43. The van der Waals surface area contributed by atoms with Crippen LogP contribution in [-0.4, -0.2) is 31.2 Å². The van der Waals surface area contributed by atoms with Gasteiger partial charge in [0, 0.05) is 37.4 Å². The van der Waals surface area contributed by atoms with E-state index in [0.717, 1.165) is 37.1 Å². The van der Waals surface area contributed by atoms with E-state index < -0.39 is 0 Å². The van der Waals surface area contributed by atoms with Gasteiger partial charge in [0.2, 0.25) is 0 Å². The van der Waals surface area contributed by atoms with Gasteiger partial charge >= 0.3 is 0 Å². The molecule has 0 spiro atoms. The summed E-state index contributed by atoms with van der Waals surface area (Å²) in [5.41, 5.74) is 5.95. The molecule has 2 aromatic rings. The molecule has 0 amide bonds. The number of aryl methyl sites for hydroxylation is 1. The zero-order valence-electron chi connectivity index (χ0n) is 16.6. The summed E-state index contributed by atoms with van der Waals surface area (Å²) in [5, 5.41) is 4.64. The molecule has 1 aromatic carbocycles. The minimum atomic E-state index is 0.402. The Kier molecular flexibility index (Phi) is 4.83. The van der Waals surface area contributed by atoms with Gasteiger partial charge in [0.15, 0.2) is 0 Å². The maximum atomic E-state index is 4.77. The largest absolute Gasteiger partial charge is 0.368 e. The fraction of sp³-hybridized carbons (Fsp3) is 0.591. The first-order valence-electron chi connectivity index (χ1n) is 9.98. The van der Waals surface area contributed by atoms with Crippen molar-refractivity contribution in [2.24, 2.45) is 11.3 Å². The summed E-state index contributed by atoms with van der Waals surface area (Å²) < 4.78 is 1.32. The lowest BCUT2D eigenvalue weighted by atomic mass is 9.72. The first-order valence-corrected chi connectivity index (χ1v) is 10.8. The Balaban J connectivity index is 1.74. The summed E-state index contributed by atoms with van der Waals surface area (Å²) in [6.45, 7) is 13.6. The fourth-order valence-corrected chi connectivity index (χ4v) is 5.21. The van der Waals surface area contributed by atoms with E-state index in [0.29, 0.717) is 5.41 Å². The van der Waals surface area contributed by atoms with Crippen molar-refractivity contribution in [2.45, 2.75) is 47.0 Å². The van der Waals surface area contributed by atoms with Crippen LogP contribution >= 0.6 is 11.3 Å². The van der Waals surface area contributed by atoms with E-state index in [-0.39, 0.29) is 0 Å². The summed E-state index contributed by atoms with van der Waals surface area (Å²) in [6, 6.07) is 4.76. The summed E-state index contributed by atoms with van der Waals surface area (Å²) in [5.74, 6) is 0.791. The first kappa shape index (κ1) is 18.0. The van der Waals surface area contributed by atoms with Gasteiger partial charge in [0.25, 0.3) is 0 Å². The van der Waals surface area contributed by atoms with E-state index >= 15 is 0 Å². The normalized spacial score (nSPS) is 21.9. The number of thiazole rings is 1. The number of hydrogen-bond donors (Lipinski definition) is 1. The van der Waals surface area contributed by atoms with E-state index in [1.807, 2.05) is 11.3 Å². The number of fused-ring (bicyclic) bond motifs is 1. The molecule has 4 rings (SSSR count). The van der Waals surface area contributed by atoms with Gasteiger partial charge in [-0.3, -0.25) is 0 Å². The van der Waals surface area contributed by atoms with Crippen molar-refractivity contribution in [3.63, 3.8) is 0 Å². The predicted molar refractivity (Wildman–Crippen MR) is 114 cm³/mol. The van der Waals surface area contributed by atoms with Crippen LogP contribution in [0, 0.1) is 18.3 Å². The molecule has 1 aliphatic heterocycles. The van der Waals surface area contributed by atoms with Gasteiger partial charge in [-0.05, 0) is 55.2 Å². The summed E-state index contributed by atoms with van der Waals surface area (Å²) in [6.07, 6.45) is 6.21. The first-order chi connectivity index (χ1) is 12.4. The van der Waals surface area contributed by atoms with Crippen LogP contribution < -0.4 is 10.2 Å². The lowest BCUT2D eigenvalue weighted by Gasteiger charge is -2.35. The number of benzene rings is 1. The third kappa shape index (κ3) is 3.54. The fourth-order valence-electron chi connectivity index (χ4n) is 4.37. The van der Waals surface area contributed by atoms with Gasteiger partial charge in [-0.15, -0.1) is 11.3 Å². The molecule has 2 heterocycles. The molecule has 1 aromatic heterocycles. The topological polar surface area (TPSA) is 28.2 Å². The standard InChI is InChI=1S/C22H31N3S/c1-15-24-19-13-18(16-5-7-17(8-6-16)22(2,3)4)20(14-21(19)26-15)25-11-9-23-10-12-25/h5,13-14,17,23H,6-12H2,1-4H3. The number of hydrogen-bond acceptors (Lipinski definition) is 4. The number of nitrogens with one attached hydrogen (secondary N) is 1. The van der Waals surface area contributed by atoms with E-state index in [1.165, 1.54) is 46.3 Å². The molecule has 140 valence electrons. The van der Waals surface area contributed by atoms with Crippen molar-refractivity contribution in [3.05, 3.63) is 28.8 Å². The van der Waals surface area contributed by atoms with Crippen LogP contribution in [-0.2, 0) is 0 Å². The third-order valence-electron chi connectivity index (χ3n) is 6.05. The van der Waals surface area contributed by atoms with Gasteiger partial charge in [-0.1, -0.05) is 26.8 Å². The van der Waals surface area contributed by atoms with Gasteiger partial charge in [-0.25, -0.2) is 4.98 Å². The third-order valence-corrected chi connectivity index (χ3v) is 6.99. The summed E-state index contributed by atoms with van der Waals surface area (Å²) in [7, 11) is 0. The van der Waals surface area contributed by atoms with Crippen molar-refractivity contribution >= 4 is 32.8 Å². The van der Waals surface area contributed by atoms with Gasteiger partial charge in [0.1, 0.15) is 0 Å². The van der Waals surface area contributed by atoms with Crippen molar-refractivity contribution < 1.29 is 0 Å². The van der Waals surface area contributed by atoms with Crippen LogP contribution in [0.1, 0.15) is 50.6 Å². The molecule has 2 aliphatic rings. The zero-order valence-corrected chi connectivity index (χ0v) is 17.4. The number of rotatable bonds is 2. The molecule has 1 saturated heterocycles. The molecule has 0 radical (unpaired) electrons. The van der Waals surface area contributed by atoms with Gasteiger partial charge < -0.3 is 10.2 Å². The zero-order chi connectivity index (χ0) is 18.3. The predicted octanol–water partition coefficient (Wildman–Crippen LogP) is 5.24. The summed E-state index contributed by atoms with van der Waals surface area (Å²) in [4.78, 5) is 7.34. The molecule has 26 heavy (non-hydrogen) atoms. The van der Waals surface area contributed by atoms with Crippen LogP contribution in [0.2, 0.25) is 0 Å². The van der Waals surface area contributed by atoms with E-state index in [1.54, 1.807) is 0 Å². The van der Waals surface area contributed by atoms with Crippen LogP contribution in [0.25, 0.3) is 15.8 Å². The Hall–Kier alpha value is -1.39. The lowest BCUT2D eigenvalue weighted by molar-refractivity contribution is 0.225. The maximum Gasteiger partial charge on any atom is 0.0907 e. The molecule has 0 saturated carbocycles. The average Bonchev–Trinajstić information content (AvgIpc) is 3.00. The molecular formula is C22H31N3S. The number of aromatic nitrogens is 1. The van der Waals surface area contributed by atoms with Gasteiger partial charge in [-0.2, -0.15) is 0 Å². The van der Waals surface area contributed by atoms with E-state index in [4.69, 9.17) is 4.98 Å². The van der Waals surface area contributed by atoms with Crippen molar-refractivity contribution in [2.75, 3.05) is 31.1 Å². The van der Waals surface area contributed by atoms with Crippen molar-refractivity contribution in [3.8, 4) is 0 Å². The van der Waals surface area contributed by atoms with E-state index in [2.05, 4.69) is 56.1 Å². The Labute approximate surface area is 161 Å². The molecular weight excluding hydrogens is 338 g/mol. The molecule has 1 atom stereocenters. The van der Waals surface area contributed by atoms with Crippen LogP contribution in [0.15, 0.2) is 18.2 Å². The summed E-state index contributed by atoms with van der Waals surface area (Å²) >= 11 is 1.82. The monoisotopic (exact) mass is 369 g/mol. The number of allylic oxidation sites excluding steroid dienone is 2. The Morgan fingerprint density at radius 2 is 1.96 bits per heavy atom. The van der Waals surface area contributed by atoms with Crippen LogP contribution in [0.3, 0.4) is 0 Å². The minimum absolute atomic E-state index is 0.402. The van der Waals surface area contributed by atoms with Gasteiger partial charge in [0.05, 0.1) is 15.2 Å². The molecule has 1 N–H and O–H groups in total. The van der Waals surface area contributed by atoms with Crippen LogP contribution in [0.4, 0.5) is 5.69 Å². The smallest absolute Gasteiger partial charge is 0.0907 e. The molecule has 1 fully saturated rings. The Morgan fingerprint density at radius 3 is 2.62 bits per heavy atom. The van der Waals surface area contributed by atoms with Crippen molar-refractivity contribution in [1.29, 1.82) is 0 Å². The van der Waals surface area contributed by atoms with Crippen molar-refractivity contribution in [1.82, 2.24) is 10.3 Å². The number of anilines is 1. The highest BCUT2D eigenvalue weighted by atomic mass is 32.1. The molecule has 3 nitrogen and oxygen atoms in total. The second-order valence-corrected chi connectivity index (χ2v) is 10.1. The Bertz CT molecular complexity index is 822. The molecule has 1 aliphatic carbocycles. The average molecular weight is 370 g/mol. The highest BCUT2D eigenvalue weighted by Crippen LogP contribution is 2.43. The Morgan fingerprint density at radius 1 is 1.19 bits per heavy atom. The minimum Gasteiger partial charge on any atom is -0.368 e. The maximum absolute atomic E-state index is 4.77. The highest BCUT2D eigenvalue weighted by molar-refractivity contribution is 7.18. The highest BCUT2D eigenvalue weighted by Gasteiger charge is 2.28. The molecule has 0 bridgehead atoms.